The van der Waals surface area contributed by atoms with Crippen molar-refractivity contribution in [3.05, 3.63) is 60.2 Å². The lowest BCUT2D eigenvalue weighted by atomic mass is 10.1. The number of para-hydroxylation sites is 1. The lowest BCUT2D eigenvalue weighted by molar-refractivity contribution is 0.0988. The van der Waals surface area contributed by atoms with Crippen molar-refractivity contribution in [2.45, 2.75) is 33.3 Å². The second-order valence-corrected chi connectivity index (χ2v) is 5.25. The van der Waals surface area contributed by atoms with E-state index < -0.39 is 0 Å². The molecule has 0 fully saturated rings. The highest BCUT2D eigenvalue weighted by Gasteiger charge is 2.15. The van der Waals surface area contributed by atoms with E-state index in [9.17, 15) is 4.79 Å². The smallest absolute Gasteiger partial charge is 0.258 e. The molecule has 0 heterocycles. The highest BCUT2D eigenvalue weighted by Crippen LogP contribution is 2.19. The van der Waals surface area contributed by atoms with E-state index in [2.05, 4.69) is 6.92 Å². The van der Waals surface area contributed by atoms with E-state index in [1.54, 1.807) is 4.90 Å². The minimum absolute atomic E-state index is 0.00351. The highest BCUT2D eigenvalue weighted by molar-refractivity contribution is 6.06. The fourth-order valence-electron chi connectivity index (χ4n) is 2.20. The molecule has 1 amide bonds. The molecule has 116 valence electrons. The summed E-state index contributed by atoms with van der Waals surface area (Å²) >= 11 is 0. The van der Waals surface area contributed by atoms with Crippen LogP contribution in [0, 0.1) is 0 Å². The molecular formula is C19H23NO2. The van der Waals surface area contributed by atoms with E-state index in [0.717, 1.165) is 17.9 Å². The van der Waals surface area contributed by atoms with Gasteiger partial charge in [0, 0.05) is 17.8 Å². The Morgan fingerprint density at radius 1 is 1.05 bits per heavy atom. The number of benzene rings is 2. The van der Waals surface area contributed by atoms with Crippen LogP contribution in [0.4, 0.5) is 5.69 Å². The van der Waals surface area contributed by atoms with Gasteiger partial charge >= 0.3 is 0 Å². The fourth-order valence-corrected chi connectivity index (χ4v) is 2.20. The third-order valence-electron chi connectivity index (χ3n) is 3.64. The number of carbonyl (C=O) groups excluding carboxylic acids is 1. The van der Waals surface area contributed by atoms with Gasteiger partial charge in [0.1, 0.15) is 5.75 Å². The first kappa shape index (κ1) is 16.1. The maximum absolute atomic E-state index is 12.7. The second-order valence-electron chi connectivity index (χ2n) is 5.25. The molecule has 3 nitrogen and oxygen atoms in total. The second kappa shape index (κ2) is 7.64. The van der Waals surface area contributed by atoms with Gasteiger partial charge in [-0.1, -0.05) is 25.1 Å². The predicted molar refractivity (Wildman–Crippen MR) is 90.6 cm³/mol. The Morgan fingerprint density at radius 3 is 2.23 bits per heavy atom. The Morgan fingerprint density at radius 2 is 1.68 bits per heavy atom. The molecule has 0 radical (unpaired) electrons. The Kier molecular flexibility index (Phi) is 5.59. The molecule has 0 aliphatic heterocycles. The Hall–Kier alpha value is -2.29. The first-order valence-electron chi connectivity index (χ1n) is 7.79. The van der Waals surface area contributed by atoms with Crippen molar-refractivity contribution in [1.82, 2.24) is 0 Å². The number of nitrogens with zero attached hydrogens (tertiary/aromatic N) is 1. The zero-order valence-corrected chi connectivity index (χ0v) is 13.5. The summed E-state index contributed by atoms with van der Waals surface area (Å²) in [6, 6.07) is 17.1. The van der Waals surface area contributed by atoms with Crippen LogP contribution in [0.5, 0.6) is 5.75 Å². The number of amides is 1. The first-order chi connectivity index (χ1) is 10.7. The quantitative estimate of drug-likeness (QED) is 0.784. The van der Waals surface area contributed by atoms with Crippen molar-refractivity contribution in [2.75, 3.05) is 11.4 Å². The van der Waals surface area contributed by atoms with Gasteiger partial charge < -0.3 is 9.64 Å². The number of hydrogen-bond acceptors (Lipinski definition) is 2. The standard InChI is InChI=1S/C19H23NO2/c1-4-15(3)22-18-13-11-16(12-14-18)19(21)20(5-2)17-9-7-6-8-10-17/h6-15H,4-5H2,1-3H3/t15-/m0/s1. The summed E-state index contributed by atoms with van der Waals surface area (Å²) in [4.78, 5) is 14.4. The average molecular weight is 297 g/mol. The van der Waals surface area contributed by atoms with Crippen LogP contribution in [-0.2, 0) is 0 Å². The summed E-state index contributed by atoms with van der Waals surface area (Å²) in [6.45, 7) is 6.73. The Balaban J connectivity index is 2.14. The average Bonchev–Trinajstić information content (AvgIpc) is 2.57. The molecule has 0 saturated carbocycles. The molecule has 0 bridgehead atoms. The lowest BCUT2D eigenvalue weighted by Gasteiger charge is -2.21. The van der Waals surface area contributed by atoms with Crippen LogP contribution in [0.25, 0.3) is 0 Å². The van der Waals surface area contributed by atoms with Gasteiger partial charge in [-0.25, -0.2) is 0 Å². The molecule has 0 aliphatic rings. The number of rotatable bonds is 6. The largest absolute Gasteiger partial charge is 0.491 e. The molecule has 2 aromatic rings. The maximum atomic E-state index is 12.7. The zero-order valence-electron chi connectivity index (χ0n) is 13.5. The number of hydrogen-bond donors (Lipinski definition) is 0. The molecule has 0 aromatic heterocycles. The SMILES string of the molecule is CC[C@H](C)Oc1ccc(C(=O)N(CC)c2ccccc2)cc1. The summed E-state index contributed by atoms with van der Waals surface area (Å²) in [6.07, 6.45) is 1.14. The van der Waals surface area contributed by atoms with Crippen LogP contribution in [0.3, 0.4) is 0 Å². The Bertz CT molecular complexity index is 593. The summed E-state index contributed by atoms with van der Waals surface area (Å²) in [7, 11) is 0. The van der Waals surface area contributed by atoms with E-state index in [4.69, 9.17) is 4.74 Å². The monoisotopic (exact) mass is 297 g/mol. The highest BCUT2D eigenvalue weighted by atomic mass is 16.5. The van der Waals surface area contributed by atoms with Crippen molar-refractivity contribution in [3.63, 3.8) is 0 Å². The van der Waals surface area contributed by atoms with E-state index in [1.165, 1.54) is 0 Å². The van der Waals surface area contributed by atoms with Gasteiger partial charge in [0.25, 0.3) is 5.91 Å². The van der Waals surface area contributed by atoms with Gasteiger partial charge in [0.05, 0.1) is 6.10 Å². The summed E-state index contributed by atoms with van der Waals surface area (Å²) < 4.78 is 5.74. The van der Waals surface area contributed by atoms with Crippen molar-refractivity contribution in [3.8, 4) is 5.75 Å². The molecule has 0 spiro atoms. The normalized spacial score (nSPS) is 11.8. The molecule has 3 heteroatoms. The van der Waals surface area contributed by atoms with Crippen molar-refractivity contribution >= 4 is 11.6 Å². The van der Waals surface area contributed by atoms with Gasteiger partial charge in [-0.2, -0.15) is 0 Å². The molecule has 0 unspecified atom stereocenters. The van der Waals surface area contributed by atoms with Gasteiger partial charge in [-0.05, 0) is 56.7 Å². The van der Waals surface area contributed by atoms with Gasteiger partial charge in [0.2, 0.25) is 0 Å². The molecule has 1 atom stereocenters. The number of ether oxygens (including phenoxy) is 1. The van der Waals surface area contributed by atoms with Crippen LogP contribution < -0.4 is 9.64 Å². The summed E-state index contributed by atoms with van der Waals surface area (Å²) in [5.74, 6) is 0.803. The Labute approximate surface area is 132 Å². The van der Waals surface area contributed by atoms with Gasteiger partial charge in [0.15, 0.2) is 0 Å². The molecule has 0 aliphatic carbocycles. The number of carbonyl (C=O) groups is 1. The minimum atomic E-state index is 0.00351. The van der Waals surface area contributed by atoms with E-state index in [0.29, 0.717) is 12.1 Å². The first-order valence-corrected chi connectivity index (χ1v) is 7.79. The fraction of sp³-hybridized carbons (Fsp3) is 0.316. The summed E-state index contributed by atoms with van der Waals surface area (Å²) in [5.41, 5.74) is 1.58. The van der Waals surface area contributed by atoms with Crippen molar-refractivity contribution in [1.29, 1.82) is 0 Å². The molecule has 0 N–H and O–H groups in total. The van der Waals surface area contributed by atoms with Crippen LogP contribution in [0.15, 0.2) is 54.6 Å². The van der Waals surface area contributed by atoms with Crippen LogP contribution in [0.1, 0.15) is 37.6 Å². The zero-order chi connectivity index (χ0) is 15.9. The topological polar surface area (TPSA) is 29.5 Å². The minimum Gasteiger partial charge on any atom is -0.491 e. The van der Waals surface area contributed by atoms with Crippen LogP contribution in [-0.4, -0.2) is 18.6 Å². The molecule has 0 saturated heterocycles. The molecule has 2 aromatic carbocycles. The third-order valence-corrected chi connectivity index (χ3v) is 3.64. The van der Waals surface area contributed by atoms with Gasteiger partial charge in [-0.3, -0.25) is 4.79 Å². The number of anilines is 1. The van der Waals surface area contributed by atoms with Crippen molar-refractivity contribution in [2.24, 2.45) is 0 Å². The summed E-state index contributed by atoms with van der Waals surface area (Å²) in [5, 5.41) is 0. The predicted octanol–water partition coefficient (Wildman–Crippen LogP) is 4.53. The molecule has 2 rings (SSSR count). The van der Waals surface area contributed by atoms with E-state index in [1.807, 2.05) is 68.4 Å². The van der Waals surface area contributed by atoms with E-state index in [-0.39, 0.29) is 12.0 Å². The lowest BCUT2D eigenvalue weighted by Crippen LogP contribution is -2.30. The molecular weight excluding hydrogens is 274 g/mol. The van der Waals surface area contributed by atoms with Crippen LogP contribution in [0.2, 0.25) is 0 Å². The van der Waals surface area contributed by atoms with E-state index >= 15 is 0 Å². The maximum Gasteiger partial charge on any atom is 0.258 e. The van der Waals surface area contributed by atoms with Crippen LogP contribution >= 0.6 is 0 Å². The van der Waals surface area contributed by atoms with Gasteiger partial charge in [-0.15, -0.1) is 0 Å². The molecule has 22 heavy (non-hydrogen) atoms. The van der Waals surface area contributed by atoms with Crippen molar-refractivity contribution < 1.29 is 9.53 Å². The third kappa shape index (κ3) is 3.88.